The highest BCUT2D eigenvalue weighted by molar-refractivity contribution is 5.56. The number of nitrogens with one attached hydrogen (secondary N) is 2. The van der Waals surface area contributed by atoms with Gasteiger partial charge >= 0.3 is 0 Å². The molecule has 0 spiro atoms. The molecule has 0 saturated carbocycles. The Hall–Kier alpha value is -1.36. The summed E-state index contributed by atoms with van der Waals surface area (Å²) in [5, 5.41) is 6.85. The molecule has 0 aromatic carbocycles. The summed E-state index contributed by atoms with van der Waals surface area (Å²) in [6.07, 6.45) is 5.28. The Morgan fingerprint density at radius 3 is 2.50 bits per heavy atom. The van der Waals surface area contributed by atoms with Crippen molar-refractivity contribution in [2.24, 2.45) is 5.92 Å². The van der Waals surface area contributed by atoms with Crippen LogP contribution >= 0.6 is 0 Å². The van der Waals surface area contributed by atoms with Crippen molar-refractivity contribution >= 4 is 11.6 Å². The molecule has 112 valence electrons. The molecule has 0 bridgehead atoms. The fourth-order valence-corrected chi connectivity index (χ4v) is 2.56. The van der Waals surface area contributed by atoms with Crippen LogP contribution in [0.2, 0.25) is 0 Å². The summed E-state index contributed by atoms with van der Waals surface area (Å²) in [4.78, 5) is 11.1. The Balaban J connectivity index is 1.89. The molecule has 1 aromatic rings. The van der Waals surface area contributed by atoms with Crippen LogP contribution in [0.3, 0.4) is 0 Å². The summed E-state index contributed by atoms with van der Waals surface area (Å²) in [7, 11) is 2.20. The first-order chi connectivity index (χ1) is 9.70. The number of anilines is 2. The summed E-state index contributed by atoms with van der Waals surface area (Å²) >= 11 is 0. The maximum atomic E-state index is 4.37. The molecule has 1 fully saturated rings. The number of aromatic nitrogens is 2. The van der Waals surface area contributed by atoms with Crippen molar-refractivity contribution in [2.45, 2.75) is 33.1 Å². The van der Waals surface area contributed by atoms with Crippen molar-refractivity contribution in [3.8, 4) is 0 Å². The molecule has 0 amide bonds. The molecule has 5 heteroatoms. The monoisotopic (exact) mass is 277 g/mol. The molecule has 0 atom stereocenters. The zero-order chi connectivity index (χ0) is 14.4. The third kappa shape index (κ3) is 4.07. The molecule has 1 aromatic heterocycles. The summed E-state index contributed by atoms with van der Waals surface area (Å²) < 4.78 is 0. The zero-order valence-electron chi connectivity index (χ0n) is 12.9. The maximum Gasteiger partial charge on any atom is 0.134 e. The lowest BCUT2D eigenvalue weighted by Crippen LogP contribution is -2.33. The Morgan fingerprint density at radius 2 is 1.85 bits per heavy atom. The largest absolute Gasteiger partial charge is 0.370 e. The van der Waals surface area contributed by atoms with Gasteiger partial charge in [0.1, 0.15) is 18.0 Å². The van der Waals surface area contributed by atoms with Gasteiger partial charge in [0.25, 0.3) is 0 Å². The van der Waals surface area contributed by atoms with Crippen molar-refractivity contribution in [1.82, 2.24) is 14.9 Å². The molecule has 1 saturated heterocycles. The first-order valence-corrected chi connectivity index (χ1v) is 7.68. The summed E-state index contributed by atoms with van der Waals surface area (Å²) in [6.45, 7) is 8.61. The van der Waals surface area contributed by atoms with Crippen LogP contribution in [0.25, 0.3) is 0 Å². The van der Waals surface area contributed by atoms with Crippen LogP contribution in [0.1, 0.15) is 31.7 Å². The number of hydrogen-bond acceptors (Lipinski definition) is 5. The maximum absolute atomic E-state index is 4.37. The van der Waals surface area contributed by atoms with Crippen molar-refractivity contribution < 1.29 is 0 Å². The van der Waals surface area contributed by atoms with Crippen LogP contribution in [0.5, 0.6) is 0 Å². The second-order valence-electron chi connectivity index (χ2n) is 5.75. The Bertz CT molecular complexity index is 413. The fourth-order valence-electron chi connectivity index (χ4n) is 2.56. The standard InChI is InChI=1S/C15H27N5/c1-4-7-16-14-12(2)15(19-11-18-14)17-10-13-5-8-20(3)9-6-13/h11,13H,4-10H2,1-3H3,(H2,16,17,18,19). The average molecular weight is 277 g/mol. The minimum atomic E-state index is 0.757. The van der Waals surface area contributed by atoms with Gasteiger partial charge in [-0.25, -0.2) is 9.97 Å². The molecule has 2 rings (SSSR count). The van der Waals surface area contributed by atoms with E-state index in [0.717, 1.165) is 42.6 Å². The van der Waals surface area contributed by atoms with Crippen LogP contribution < -0.4 is 10.6 Å². The fraction of sp³-hybridized carbons (Fsp3) is 0.733. The molecule has 5 nitrogen and oxygen atoms in total. The predicted molar refractivity (Wildman–Crippen MR) is 84.3 cm³/mol. The lowest BCUT2D eigenvalue weighted by atomic mass is 9.97. The third-order valence-electron chi connectivity index (χ3n) is 4.02. The van der Waals surface area contributed by atoms with Crippen molar-refractivity contribution in [1.29, 1.82) is 0 Å². The van der Waals surface area contributed by atoms with Gasteiger partial charge in [0.2, 0.25) is 0 Å². The molecule has 0 unspecified atom stereocenters. The van der Waals surface area contributed by atoms with Gasteiger partial charge in [-0.15, -0.1) is 0 Å². The van der Waals surface area contributed by atoms with Crippen molar-refractivity contribution in [3.63, 3.8) is 0 Å². The molecular formula is C15H27N5. The van der Waals surface area contributed by atoms with Gasteiger partial charge in [-0.3, -0.25) is 0 Å². The first kappa shape index (κ1) is 15.0. The van der Waals surface area contributed by atoms with E-state index in [1.165, 1.54) is 25.9 Å². The molecule has 20 heavy (non-hydrogen) atoms. The van der Waals surface area contributed by atoms with Crippen LogP contribution in [-0.4, -0.2) is 48.1 Å². The van der Waals surface area contributed by atoms with E-state index in [-0.39, 0.29) is 0 Å². The predicted octanol–water partition coefficient (Wildman–Crippen LogP) is 2.36. The van der Waals surface area contributed by atoms with E-state index in [2.05, 4.69) is 46.4 Å². The summed E-state index contributed by atoms with van der Waals surface area (Å²) in [5.74, 6) is 2.68. The Kier molecular flexibility index (Phi) is 5.59. The van der Waals surface area contributed by atoms with Crippen LogP contribution in [-0.2, 0) is 0 Å². The first-order valence-electron chi connectivity index (χ1n) is 7.68. The SMILES string of the molecule is CCCNc1ncnc(NCC2CCN(C)CC2)c1C. The third-order valence-corrected chi connectivity index (χ3v) is 4.02. The van der Waals surface area contributed by atoms with Gasteiger partial charge in [-0.1, -0.05) is 6.92 Å². The van der Waals surface area contributed by atoms with E-state index >= 15 is 0 Å². The van der Waals surface area contributed by atoms with Gasteiger partial charge in [0.15, 0.2) is 0 Å². The van der Waals surface area contributed by atoms with Gasteiger partial charge in [0, 0.05) is 18.7 Å². The van der Waals surface area contributed by atoms with E-state index in [4.69, 9.17) is 0 Å². The molecule has 2 heterocycles. The number of hydrogen-bond donors (Lipinski definition) is 2. The van der Waals surface area contributed by atoms with Crippen LogP contribution in [0.4, 0.5) is 11.6 Å². The highest BCUT2D eigenvalue weighted by Gasteiger charge is 2.17. The van der Waals surface area contributed by atoms with Crippen LogP contribution in [0.15, 0.2) is 6.33 Å². The van der Waals surface area contributed by atoms with Crippen molar-refractivity contribution in [3.05, 3.63) is 11.9 Å². The normalized spacial score (nSPS) is 17.1. The molecule has 1 aliphatic heterocycles. The van der Waals surface area contributed by atoms with E-state index in [0.29, 0.717) is 0 Å². The number of likely N-dealkylation sites (tertiary alicyclic amines) is 1. The molecule has 2 N–H and O–H groups in total. The van der Waals surface area contributed by atoms with Gasteiger partial charge < -0.3 is 15.5 Å². The van der Waals surface area contributed by atoms with E-state index in [1.807, 2.05) is 0 Å². The second-order valence-corrected chi connectivity index (χ2v) is 5.75. The summed E-state index contributed by atoms with van der Waals surface area (Å²) in [5.41, 5.74) is 1.12. The van der Waals surface area contributed by atoms with Crippen molar-refractivity contribution in [2.75, 3.05) is 43.9 Å². The smallest absolute Gasteiger partial charge is 0.134 e. The van der Waals surface area contributed by atoms with E-state index < -0.39 is 0 Å². The van der Waals surface area contributed by atoms with Crippen LogP contribution in [0, 0.1) is 12.8 Å². The van der Waals surface area contributed by atoms with E-state index in [9.17, 15) is 0 Å². The minimum Gasteiger partial charge on any atom is -0.370 e. The lowest BCUT2D eigenvalue weighted by Gasteiger charge is -2.29. The number of nitrogens with zero attached hydrogens (tertiary/aromatic N) is 3. The molecule has 1 aliphatic rings. The summed E-state index contributed by atoms with van der Waals surface area (Å²) in [6, 6.07) is 0. The quantitative estimate of drug-likeness (QED) is 0.836. The number of rotatable bonds is 6. The Labute approximate surface area is 122 Å². The van der Waals surface area contributed by atoms with Gasteiger partial charge in [-0.05, 0) is 52.2 Å². The highest BCUT2D eigenvalue weighted by Crippen LogP contribution is 2.21. The average Bonchev–Trinajstić information content (AvgIpc) is 2.47. The molecule has 0 aliphatic carbocycles. The second kappa shape index (κ2) is 7.43. The lowest BCUT2D eigenvalue weighted by molar-refractivity contribution is 0.226. The number of piperidine rings is 1. The highest BCUT2D eigenvalue weighted by atomic mass is 15.1. The molecule has 0 radical (unpaired) electrons. The minimum absolute atomic E-state index is 0.757. The topological polar surface area (TPSA) is 53.1 Å². The Morgan fingerprint density at radius 1 is 1.20 bits per heavy atom. The zero-order valence-corrected chi connectivity index (χ0v) is 12.9. The van der Waals surface area contributed by atoms with E-state index in [1.54, 1.807) is 6.33 Å². The van der Waals surface area contributed by atoms with Gasteiger partial charge in [-0.2, -0.15) is 0 Å². The van der Waals surface area contributed by atoms with Gasteiger partial charge in [0.05, 0.1) is 0 Å². The molecular weight excluding hydrogens is 250 g/mol.